The standard InChI is InChI=1S/C13H21FN2O/c1-9(17-4)8-16(3)13-11(10(2)15)6-5-7-12(13)14/h5-7,9-10H,8,15H2,1-4H3. The molecule has 2 atom stereocenters. The monoisotopic (exact) mass is 240 g/mol. The van der Waals surface area contributed by atoms with E-state index in [1.807, 2.05) is 31.9 Å². The molecule has 0 saturated heterocycles. The Hall–Kier alpha value is -1.13. The molecule has 0 fully saturated rings. The minimum absolute atomic E-state index is 0.0422. The molecule has 1 aromatic carbocycles. The van der Waals surface area contributed by atoms with E-state index in [4.69, 9.17) is 10.5 Å². The molecule has 2 N–H and O–H groups in total. The Kier molecular flexibility index (Phi) is 4.90. The zero-order valence-corrected chi connectivity index (χ0v) is 10.9. The molecule has 1 rings (SSSR count). The highest BCUT2D eigenvalue weighted by Crippen LogP contribution is 2.27. The quantitative estimate of drug-likeness (QED) is 0.858. The van der Waals surface area contributed by atoms with Gasteiger partial charge in [0.1, 0.15) is 5.82 Å². The Morgan fingerprint density at radius 1 is 1.41 bits per heavy atom. The highest BCUT2D eigenvalue weighted by molar-refractivity contribution is 5.55. The largest absolute Gasteiger partial charge is 0.380 e. The van der Waals surface area contributed by atoms with Crippen LogP contribution < -0.4 is 10.6 Å². The second-order valence-electron chi connectivity index (χ2n) is 4.39. The van der Waals surface area contributed by atoms with Crippen molar-refractivity contribution in [3.8, 4) is 0 Å². The van der Waals surface area contributed by atoms with Crippen LogP contribution in [0, 0.1) is 5.82 Å². The van der Waals surface area contributed by atoms with E-state index in [0.717, 1.165) is 5.56 Å². The lowest BCUT2D eigenvalue weighted by Crippen LogP contribution is -2.30. The van der Waals surface area contributed by atoms with Crippen LogP contribution in [0.15, 0.2) is 18.2 Å². The Labute approximate surface area is 102 Å². The number of nitrogens with zero attached hydrogens (tertiary/aromatic N) is 1. The fraction of sp³-hybridized carbons (Fsp3) is 0.538. The number of benzene rings is 1. The summed E-state index contributed by atoms with van der Waals surface area (Å²) in [6.45, 7) is 4.42. The zero-order chi connectivity index (χ0) is 13.0. The summed E-state index contributed by atoms with van der Waals surface area (Å²) in [5, 5.41) is 0. The van der Waals surface area contributed by atoms with Gasteiger partial charge in [-0.2, -0.15) is 0 Å². The topological polar surface area (TPSA) is 38.5 Å². The van der Waals surface area contributed by atoms with Gasteiger partial charge >= 0.3 is 0 Å². The maximum absolute atomic E-state index is 13.9. The molecule has 0 spiro atoms. The van der Waals surface area contributed by atoms with E-state index >= 15 is 0 Å². The predicted octanol–water partition coefficient (Wildman–Crippen LogP) is 2.32. The summed E-state index contributed by atoms with van der Waals surface area (Å²) in [6.07, 6.45) is 0.0422. The van der Waals surface area contributed by atoms with Crippen molar-refractivity contribution in [2.75, 3.05) is 25.6 Å². The molecule has 0 aromatic heterocycles. The fourth-order valence-electron chi connectivity index (χ4n) is 1.85. The molecule has 0 bridgehead atoms. The van der Waals surface area contributed by atoms with Crippen molar-refractivity contribution < 1.29 is 9.13 Å². The third-order valence-corrected chi connectivity index (χ3v) is 2.82. The van der Waals surface area contributed by atoms with Crippen molar-refractivity contribution in [2.24, 2.45) is 5.73 Å². The van der Waals surface area contributed by atoms with Crippen LogP contribution >= 0.6 is 0 Å². The SMILES string of the molecule is COC(C)CN(C)c1c(F)cccc1C(C)N. The van der Waals surface area contributed by atoms with Crippen LogP contribution in [0.1, 0.15) is 25.5 Å². The molecule has 0 heterocycles. The lowest BCUT2D eigenvalue weighted by molar-refractivity contribution is 0.124. The molecule has 96 valence electrons. The molecule has 3 nitrogen and oxygen atoms in total. The van der Waals surface area contributed by atoms with Gasteiger partial charge in [-0.05, 0) is 25.5 Å². The van der Waals surface area contributed by atoms with Crippen LogP contribution in [0.2, 0.25) is 0 Å². The molecule has 0 radical (unpaired) electrons. The summed E-state index contributed by atoms with van der Waals surface area (Å²) in [5.74, 6) is -0.245. The van der Waals surface area contributed by atoms with Gasteiger partial charge in [-0.15, -0.1) is 0 Å². The Bertz CT molecular complexity index is 368. The van der Waals surface area contributed by atoms with E-state index in [0.29, 0.717) is 12.2 Å². The smallest absolute Gasteiger partial charge is 0.146 e. The van der Waals surface area contributed by atoms with Crippen molar-refractivity contribution in [1.29, 1.82) is 0 Å². The van der Waals surface area contributed by atoms with Gasteiger partial charge < -0.3 is 15.4 Å². The molecule has 0 aliphatic heterocycles. The van der Waals surface area contributed by atoms with Crippen molar-refractivity contribution in [3.05, 3.63) is 29.6 Å². The van der Waals surface area contributed by atoms with Gasteiger partial charge in [0, 0.05) is 26.7 Å². The summed E-state index contributed by atoms with van der Waals surface area (Å²) in [6, 6.07) is 4.80. The van der Waals surface area contributed by atoms with E-state index < -0.39 is 0 Å². The number of likely N-dealkylation sites (N-methyl/N-ethyl adjacent to an activating group) is 1. The first-order valence-corrected chi connectivity index (χ1v) is 5.75. The summed E-state index contributed by atoms with van der Waals surface area (Å²) < 4.78 is 19.1. The summed E-state index contributed by atoms with van der Waals surface area (Å²) in [4.78, 5) is 1.85. The molecule has 0 aliphatic carbocycles. The fourth-order valence-corrected chi connectivity index (χ4v) is 1.85. The molecule has 0 saturated carbocycles. The molecule has 1 aromatic rings. The Morgan fingerprint density at radius 3 is 2.59 bits per heavy atom. The first-order chi connectivity index (χ1) is 7.97. The molecule has 2 unspecified atom stereocenters. The molecular formula is C13H21FN2O. The molecule has 4 heteroatoms. The average molecular weight is 240 g/mol. The number of ether oxygens (including phenoxy) is 1. The highest BCUT2D eigenvalue weighted by Gasteiger charge is 2.16. The van der Waals surface area contributed by atoms with Crippen molar-refractivity contribution >= 4 is 5.69 Å². The van der Waals surface area contributed by atoms with E-state index in [1.165, 1.54) is 6.07 Å². The Balaban J connectivity index is 3.02. The van der Waals surface area contributed by atoms with Gasteiger partial charge in [0.25, 0.3) is 0 Å². The summed E-state index contributed by atoms with van der Waals surface area (Å²) in [7, 11) is 3.49. The van der Waals surface area contributed by atoms with Crippen LogP contribution in [-0.4, -0.2) is 26.8 Å². The highest BCUT2D eigenvalue weighted by atomic mass is 19.1. The lowest BCUT2D eigenvalue weighted by Gasteiger charge is -2.26. The number of hydrogen-bond acceptors (Lipinski definition) is 3. The van der Waals surface area contributed by atoms with E-state index in [2.05, 4.69) is 0 Å². The first-order valence-electron chi connectivity index (χ1n) is 5.75. The van der Waals surface area contributed by atoms with Crippen LogP contribution in [0.5, 0.6) is 0 Å². The minimum Gasteiger partial charge on any atom is -0.380 e. The number of hydrogen-bond donors (Lipinski definition) is 1. The summed E-state index contributed by atoms with van der Waals surface area (Å²) >= 11 is 0. The van der Waals surface area contributed by atoms with Crippen LogP contribution in [0.4, 0.5) is 10.1 Å². The van der Waals surface area contributed by atoms with Crippen LogP contribution in [0.3, 0.4) is 0 Å². The number of para-hydroxylation sites is 1. The van der Waals surface area contributed by atoms with Crippen molar-refractivity contribution in [3.63, 3.8) is 0 Å². The number of rotatable bonds is 5. The normalized spacial score (nSPS) is 14.5. The average Bonchev–Trinajstić information content (AvgIpc) is 2.28. The van der Waals surface area contributed by atoms with E-state index in [-0.39, 0.29) is 18.0 Å². The second kappa shape index (κ2) is 5.98. The van der Waals surface area contributed by atoms with Crippen LogP contribution in [-0.2, 0) is 4.74 Å². The molecular weight excluding hydrogens is 219 g/mol. The summed E-state index contributed by atoms with van der Waals surface area (Å²) in [5.41, 5.74) is 7.24. The maximum atomic E-state index is 13.9. The zero-order valence-electron chi connectivity index (χ0n) is 10.9. The van der Waals surface area contributed by atoms with Gasteiger partial charge in [-0.25, -0.2) is 4.39 Å². The third kappa shape index (κ3) is 3.41. The van der Waals surface area contributed by atoms with Crippen molar-refractivity contribution in [1.82, 2.24) is 0 Å². The number of anilines is 1. The van der Waals surface area contributed by atoms with E-state index in [9.17, 15) is 4.39 Å². The lowest BCUT2D eigenvalue weighted by atomic mass is 10.1. The van der Waals surface area contributed by atoms with Crippen LogP contribution in [0.25, 0.3) is 0 Å². The second-order valence-corrected chi connectivity index (χ2v) is 4.39. The number of nitrogens with two attached hydrogens (primary N) is 1. The third-order valence-electron chi connectivity index (χ3n) is 2.82. The van der Waals surface area contributed by atoms with Gasteiger partial charge in [-0.1, -0.05) is 12.1 Å². The molecule has 0 amide bonds. The first kappa shape index (κ1) is 13.9. The maximum Gasteiger partial charge on any atom is 0.146 e. The van der Waals surface area contributed by atoms with E-state index in [1.54, 1.807) is 13.2 Å². The number of methoxy groups -OCH3 is 1. The van der Waals surface area contributed by atoms with Gasteiger partial charge in [0.15, 0.2) is 0 Å². The molecule has 0 aliphatic rings. The minimum atomic E-state index is -0.245. The van der Waals surface area contributed by atoms with Crippen molar-refractivity contribution in [2.45, 2.75) is 26.0 Å². The number of halogens is 1. The van der Waals surface area contributed by atoms with Gasteiger partial charge in [0.2, 0.25) is 0 Å². The molecule has 17 heavy (non-hydrogen) atoms. The Morgan fingerprint density at radius 2 is 2.06 bits per heavy atom. The van der Waals surface area contributed by atoms with Gasteiger partial charge in [-0.3, -0.25) is 0 Å². The predicted molar refractivity (Wildman–Crippen MR) is 68.7 cm³/mol. The van der Waals surface area contributed by atoms with Gasteiger partial charge in [0.05, 0.1) is 11.8 Å².